The summed E-state index contributed by atoms with van der Waals surface area (Å²) in [7, 11) is -5.84. The molecule has 2 N–H and O–H groups in total. The van der Waals surface area contributed by atoms with E-state index < -0.39 is 92.4 Å². The van der Waals surface area contributed by atoms with Crippen molar-refractivity contribution >= 4 is 27.6 Å². The highest BCUT2D eigenvalue weighted by atomic mass is 32.2. The van der Waals surface area contributed by atoms with Gasteiger partial charge in [-0.2, -0.15) is 4.31 Å². The minimum Gasteiger partial charge on any atom is -0.507 e. The molecule has 0 saturated heterocycles. The van der Waals surface area contributed by atoms with Crippen LogP contribution in [0.5, 0.6) is 11.5 Å². The maximum absolute atomic E-state index is 14.9. The third-order valence-corrected chi connectivity index (χ3v) is 10.6. The van der Waals surface area contributed by atoms with Crippen LogP contribution < -0.4 is 9.64 Å². The highest BCUT2D eigenvalue weighted by Crippen LogP contribution is 2.34. The van der Waals surface area contributed by atoms with Crippen LogP contribution in [0.4, 0.5) is 40.8 Å². The molecule has 54 heavy (non-hydrogen) atoms. The lowest BCUT2D eigenvalue weighted by Gasteiger charge is -2.28. The van der Waals surface area contributed by atoms with E-state index in [4.69, 9.17) is 0 Å². The van der Waals surface area contributed by atoms with Crippen LogP contribution in [0.2, 0.25) is 0 Å². The number of aromatic hydroxyl groups is 1. The molecule has 18 heteroatoms. The maximum atomic E-state index is 14.9. The van der Waals surface area contributed by atoms with Gasteiger partial charge in [-0.1, -0.05) is 55.7 Å². The van der Waals surface area contributed by atoms with E-state index in [1.54, 1.807) is 12.1 Å². The molecule has 0 aromatic heterocycles. The molecule has 0 bridgehead atoms. The number of hydrogen-bond donors (Lipinski definition) is 2. The first kappa shape index (κ1) is 40.0. The van der Waals surface area contributed by atoms with Crippen molar-refractivity contribution in [2.75, 3.05) is 11.4 Å². The molecule has 288 valence electrons. The molecule has 4 aromatic carbocycles. The molecule has 0 aliphatic heterocycles. The second-order valence-electron chi connectivity index (χ2n) is 12.4. The van der Waals surface area contributed by atoms with Crippen molar-refractivity contribution in [1.82, 2.24) is 4.31 Å². The van der Waals surface area contributed by atoms with Gasteiger partial charge in [0, 0.05) is 18.3 Å². The second kappa shape index (κ2) is 16.0. The number of phenols is 1. The van der Waals surface area contributed by atoms with Crippen molar-refractivity contribution in [3.05, 3.63) is 118 Å². The second-order valence-corrected chi connectivity index (χ2v) is 14.3. The average Bonchev–Trinajstić information content (AvgIpc) is 3.12. The van der Waals surface area contributed by atoms with Gasteiger partial charge < -0.3 is 19.8 Å². The van der Waals surface area contributed by atoms with Gasteiger partial charge in [0.05, 0.1) is 13.1 Å². The predicted molar refractivity (Wildman–Crippen MR) is 175 cm³/mol. The smallest absolute Gasteiger partial charge is 0.507 e. The molecule has 0 radical (unpaired) electrons. The van der Waals surface area contributed by atoms with Crippen LogP contribution in [0.25, 0.3) is 0 Å². The number of halogens is 8. The Morgan fingerprint density at radius 1 is 0.759 bits per heavy atom. The summed E-state index contributed by atoms with van der Waals surface area (Å²) in [5.41, 5.74) is 0.543. The van der Waals surface area contributed by atoms with E-state index in [0.29, 0.717) is 11.5 Å². The molecule has 0 heterocycles. The van der Waals surface area contributed by atoms with E-state index in [0.717, 1.165) is 85.0 Å². The number of benzene rings is 4. The number of carbonyl (C=O) groups is 2. The average molecular weight is 787 g/mol. The summed E-state index contributed by atoms with van der Waals surface area (Å²) in [4.78, 5) is 24.3. The number of carbonyl (C=O) groups excluding carboxylic acids is 1. The van der Waals surface area contributed by atoms with Crippen molar-refractivity contribution in [1.29, 1.82) is 0 Å². The molecule has 0 atom stereocenters. The molecule has 5 rings (SSSR count). The fraction of sp³-hybridized carbons (Fsp3) is 0.278. The molecule has 1 amide bonds. The summed E-state index contributed by atoms with van der Waals surface area (Å²) in [5.74, 6) is -17.3. The number of alkyl halides is 3. The van der Waals surface area contributed by atoms with Gasteiger partial charge in [0.25, 0.3) is 0 Å². The van der Waals surface area contributed by atoms with Crippen molar-refractivity contribution < 1.29 is 68.1 Å². The fourth-order valence-electron chi connectivity index (χ4n) is 6.11. The monoisotopic (exact) mass is 786 g/mol. The van der Waals surface area contributed by atoms with Crippen LogP contribution in [0.15, 0.2) is 71.6 Å². The van der Waals surface area contributed by atoms with E-state index in [2.05, 4.69) is 4.74 Å². The van der Waals surface area contributed by atoms with Gasteiger partial charge in [0.1, 0.15) is 17.1 Å². The van der Waals surface area contributed by atoms with Gasteiger partial charge >= 0.3 is 12.3 Å². The highest BCUT2D eigenvalue weighted by Gasteiger charge is 2.39. The molecular formula is C36H30F8N2O7S. The normalized spacial score (nSPS) is 13.9. The number of aromatic carboxylic acids is 1. The molecule has 4 aromatic rings. The topological polar surface area (TPSA) is 124 Å². The van der Waals surface area contributed by atoms with E-state index in [-0.39, 0.29) is 22.1 Å². The van der Waals surface area contributed by atoms with Gasteiger partial charge in [-0.15, -0.1) is 13.2 Å². The van der Waals surface area contributed by atoms with E-state index in [1.165, 1.54) is 0 Å². The Morgan fingerprint density at radius 3 is 1.83 bits per heavy atom. The number of hydrogen-bond acceptors (Lipinski definition) is 6. The number of carboxylic acids is 1. The lowest BCUT2D eigenvalue weighted by molar-refractivity contribution is -0.274. The summed E-state index contributed by atoms with van der Waals surface area (Å²) < 4.78 is 142. The Bertz CT molecular complexity index is 2110. The first-order chi connectivity index (χ1) is 25.4. The first-order valence-corrected chi connectivity index (χ1v) is 17.6. The van der Waals surface area contributed by atoms with Crippen LogP contribution in [-0.4, -0.2) is 47.7 Å². The fourth-order valence-corrected chi connectivity index (χ4v) is 7.60. The number of rotatable bonds is 12. The van der Waals surface area contributed by atoms with Gasteiger partial charge in [-0.25, -0.2) is 35.2 Å². The Kier molecular flexibility index (Phi) is 11.9. The zero-order valence-corrected chi connectivity index (χ0v) is 28.7. The highest BCUT2D eigenvalue weighted by molar-refractivity contribution is 7.89. The third kappa shape index (κ3) is 8.93. The quantitative estimate of drug-likeness (QED) is 0.0844. The lowest BCUT2D eigenvalue weighted by atomic mass is 9.84. The zero-order valence-electron chi connectivity index (χ0n) is 27.8. The number of carboxylic acid groups (broad SMARTS) is 1. The van der Waals surface area contributed by atoms with Crippen LogP contribution in [0, 0.1) is 29.1 Å². The summed E-state index contributed by atoms with van der Waals surface area (Å²) in [6, 6.07) is 13.3. The third-order valence-electron chi connectivity index (χ3n) is 8.82. The lowest BCUT2D eigenvalue weighted by Crippen LogP contribution is -2.43. The van der Waals surface area contributed by atoms with E-state index >= 15 is 0 Å². The minimum absolute atomic E-state index is 0.0535. The number of nitrogens with zero attached hydrogens (tertiary/aromatic N) is 2. The van der Waals surface area contributed by atoms with Crippen LogP contribution >= 0.6 is 0 Å². The van der Waals surface area contributed by atoms with Crippen molar-refractivity contribution in [3.8, 4) is 11.5 Å². The Morgan fingerprint density at radius 2 is 1.30 bits per heavy atom. The molecule has 9 nitrogen and oxygen atoms in total. The molecule has 0 spiro atoms. The molecule has 1 aliphatic rings. The largest absolute Gasteiger partial charge is 0.573 e. The van der Waals surface area contributed by atoms with Crippen molar-refractivity contribution in [2.45, 2.75) is 62.4 Å². The SMILES string of the molecule is O=C(O)c1ccc(N(Cc2ccc(C3CCCCC3)cc2)C(=O)CN(Cc2ccc(OC(F)(F)F)cc2)S(=O)(=O)c2c(F)c(F)c(F)c(F)c2F)cc1O. The van der Waals surface area contributed by atoms with Crippen LogP contribution in [0.1, 0.15) is 65.1 Å². The minimum atomic E-state index is -5.84. The number of anilines is 1. The number of sulfonamides is 1. The van der Waals surface area contributed by atoms with Crippen molar-refractivity contribution in [2.24, 2.45) is 0 Å². The van der Waals surface area contributed by atoms with Crippen molar-refractivity contribution in [3.63, 3.8) is 0 Å². The molecule has 1 fully saturated rings. The van der Waals surface area contributed by atoms with Gasteiger partial charge in [-0.3, -0.25) is 4.79 Å². The molecule has 1 aliphatic carbocycles. The van der Waals surface area contributed by atoms with Gasteiger partial charge in [-0.05, 0) is 59.7 Å². The Labute approximate surface area is 303 Å². The number of ether oxygens (including phenoxy) is 1. The van der Waals surface area contributed by atoms with Crippen LogP contribution in [0.3, 0.4) is 0 Å². The van der Waals surface area contributed by atoms with E-state index in [1.807, 2.05) is 12.1 Å². The summed E-state index contributed by atoms with van der Waals surface area (Å²) >= 11 is 0. The van der Waals surface area contributed by atoms with Gasteiger partial charge in [0.15, 0.2) is 28.2 Å². The van der Waals surface area contributed by atoms with E-state index in [9.17, 15) is 63.3 Å². The Balaban J connectivity index is 1.56. The standard InChI is InChI=1S/C36H30F8N2O7S/c37-29-30(38)32(40)34(33(41)31(29)39)54(51,52)45(17-20-8-13-25(14-9-20)53-36(42,43)44)19-28(48)46(24-12-15-26(35(49)50)27(47)16-24)18-21-6-10-23(11-7-21)22-4-2-1-3-5-22/h6-16,22,47H,1-5,17-19H2,(H,49,50). The zero-order chi connectivity index (χ0) is 39.5. The summed E-state index contributed by atoms with van der Waals surface area (Å²) in [6.07, 6.45) is 0.0793. The molecule has 1 saturated carbocycles. The molecular weight excluding hydrogens is 756 g/mol. The predicted octanol–water partition coefficient (Wildman–Crippen LogP) is 8.16. The summed E-state index contributed by atoms with van der Waals surface area (Å²) in [5, 5.41) is 19.8. The maximum Gasteiger partial charge on any atom is 0.573 e. The summed E-state index contributed by atoms with van der Waals surface area (Å²) in [6.45, 7) is -2.77. The first-order valence-electron chi connectivity index (χ1n) is 16.2. The Hall–Kier alpha value is -5.23. The molecule has 0 unspecified atom stereocenters. The van der Waals surface area contributed by atoms with Gasteiger partial charge in [0.2, 0.25) is 21.7 Å². The number of amides is 1. The van der Waals surface area contributed by atoms with Crippen LogP contribution in [-0.2, 0) is 27.9 Å².